The van der Waals surface area contributed by atoms with E-state index in [1.807, 2.05) is 0 Å². The second kappa shape index (κ2) is 13.7. The predicted octanol–water partition coefficient (Wildman–Crippen LogP) is 5.32. The Morgan fingerprint density at radius 1 is 1.00 bits per heavy atom. The van der Waals surface area contributed by atoms with Crippen LogP contribution < -0.4 is 4.74 Å². The van der Waals surface area contributed by atoms with Crippen LogP contribution in [0.1, 0.15) is 63.1 Å². The lowest BCUT2D eigenvalue weighted by Crippen LogP contribution is -2.34. The Morgan fingerprint density at radius 2 is 1.61 bits per heavy atom. The summed E-state index contributed by atoms with van der Waals surface area (Å²) >= 11 is 0. The van der Waals surface area contributed by atoms with Crippen molar-refractivity contribution in [1.29, 1.82) is 0 Å². The molecule has 1 aliphatic heterocycles. The van der Waals surface area contributed by atoms with E-state index < -0.39 is 22.7 Å². The highest BCUT2D eigenvalue weighted by molar-refractivity contribution is 6.46. The molecule has 1 atom stereocenters. The lowest BCUT2D eigenvalue weighted by atomic mass is 9.94. The van der Waals surface area contributed by atoms with E-state index >= 15 is 0 Å². The van der Waals surface area contributed by atoms with Crippen molar-refractivity contribution in [3.63, 3.8) is 0 Å². The summed E-state index contributed by atoms with van der Waals surface area (Å²) < 4.78 is 5.17. The van der Waals surface area contributed by atoms with Gasteiger partial charge in [-0.15, -0.1) is 0 Å². The van der Waals surface area contributed by atoms with Crippen molar-refractivity contribution < 1.29 is 24.4 Å². The first-order chi connectivity index (χ1) is 18.3. The Kier molecular flexibility index (Phi) is 10.4. The SMILES string of the molecule is CCCCN(CCCC)CCCN1C(=O)C(=O)C(=C(O)c2ccc(OC)cc2)[C@H]1c1ccccc1[N+](=O)[O-]. The molecule has 1 heterocycles. The van der Waals surface area contributed by atoms with E-state index in [2.05, 4.69) is 18.7 Å². The number of rotatable bonds is 14. The number of benzene rings is 2. The normalized spacial score (nSPS) is 16.8. The number of ether oxygens (including phenoxy) is 1. The van der Waals surface area contributed by atoms with Crippen LogP contribution in [0.2, 0.25) is 0 Å². The molecule has 3 rings (SSSR count). The fourth-order valence-electron chi connectivity index (χ4n) is 4.79. The third-order valence-corrected chi connectivity index (χ3v) is 6.86. The summed E-state index contributed by atoms with van der Waals surface area (Å²) in [5.41, 5.74) is 0.152. The molecule has 2 aromatic carbocycles. The topological polar surface area (TPSA) is 113 Å². The number of methoxy groups -OCH3 is 1. The summed E-state index contributed by atoms with van der Waals surface area (Å²) in [4.78, 5) is 41.6. The second-order valence-electron chi connectivity index (χ2n) is 9.44. The minimum atomic E-state index is -1.07. The minimum Gasteiger partial charge on any atom is -0.507 e. The van der Waals surface area contributed by atoms with Crippen LogP contribution in [0.15, 0.2) is 54.1 Å². The fourth-order valence-corrected chi connectivity index (χ4v) is 4.79. The number of aliphatic hydroxyl groups is 1. The van der Waals surface area contributed by atoms with Crippen molar-refractivity contribution in [1.82, 2.24) is 9.80 Å². The van der Waals surface area contributed by atoms with Crippen molar-refractivity contribution in [3.05, 3.63) is 75.3 Å². The van der Waals surface area contributed by atoms with Crippen LogP contribution in [-0.4, -0.2) is 64.8 Å². The number of Topliss-reactive ketones (excluding diaryl/α,β-unsaturated/α-hetero) is 1. The maximum atomic E-state index is 13.3. The Morgan fingerprint density at radius 3 is 2.18 bits per heavy atom. The molecule has 204 valence electrons. The molecule has 0 aliphatic carbocycles. The molecule has 2 aromatic rings. The van der Waals surface area contributed by atoms with Crippen molar-refractivity contribution in [2.24, 2.45) is 0 Å². The fraction of sp³-hybridized carbons (Fsp3) is 0.448. The monoisotopic (exact) mass is 523 g/mol. The Labute approximate surface area is 223 Å². The molecule has 1 N–H and O–H groups in total. The minimum absolute atomic E-state index is 0.150. The van der Waals surface area contributed by atoms with Crippen molar-refractivity contribution in [2.45, 2.75) is 52.0 Å². The summed E-state index contributed by atoms with van der Waals surface area (Å²) in [5, 5.41) is 23.1. The van der Waals surface area contributed by atoms with E-state index in [9.17, 15) is 24.8 Å². The Bertz CT molecular complexity index is 1150. The molecule has 0 unspecified atom stereocenters. The van der Waals surface area contributed by atoms with E-state index in [1.165, 1.54) is 30.2 Å². The Hall–Kier alpha value is -3.72. The number of likely N-dealkylation sites (tertiary alicyclic amines) is 1. The van der Waals surface area contributed by atoms with Gasteiger partial charge in [0, 0.05) is 18.2 Å². The van der Waals surface area contributed by atoms with E-state index in [1.54, 1.807) is 30.3 Å². The van der Waals surface area contributed by atoms with Gasteiger partial charge >= 0.3 is 0 Å². The van der Waals surface area contributed by atoms with Crippen molar-refractivity contribution in [3.8, 4) is 5.75 Å². The average molecular weight is 524 g/mol. The third-order valence-electron chi connectivity index (χ3n) is 6.86. The molecule has 38 heavy (non-hydrogen) atoms. The number of aliphatic hydroxyl groups excluding tert-OH is 1. The van der Waals surface area contributed by atoms with Gasteiger partial charge in [-0.05, 0) is 69.2 Å². The highest BCUT2D eigenvalue weighted by atomic mass is 16.6. The standard InChI is InChI=1S/C29H37N3O6/c1-4-6-17-30(18-7-5-2)19-10-20-31-26(23-11-8-9-12-24(23)32(36)37)25(28(34)29(31)35)27(33)21-13-15-22(38-3)16-14-21/h8-9,11-16,26,33H,4-7,10,17-20H2,1-3H3/t26-/m1/s1. The molecular weight excluding hydrogens is 486 g/mol. The van der Waals surface area contributed by atoms with Gasteiger partial charge in [0.2, 0.25) is 0 Å². The van der Waals surface area contributed by atoms with Gasteiger partial charge in [0.25, 0.3) is 17.4 Å². The number of nitrogens with zero attached hydrogens (tertiary/aromatic N) is 3. The second-order valence-corrected chi connectivity index (χ2v) is 9.44. The largest absolute Gasteiger partial charge is 0.507 e. The van der Waals surface area contributed by atoms with Crippen LogP contribution in [0.5, 0.6) is 5.75 Å². The number of carbonyl (C=O) groups is 2. The zero-order chi connectivity index (χ0) is 27.7. The first kappa shape index (κ1) is 28.8. The van der Waals surface area contributed by atoms with Crippen LogP contribution in [0.4, 0.5) is 5.69 Å². The van der Waals surface area contributed by atoms with Crippen molar-refractivity contribution >= 4 is 23.1 Å². The maximum absolute atomic E-state index is 13.3. The van der Waals surface area contributed by atoms with Crippen LogP contribution >= 0.6 is 0 Å². The molecule has 0 spiro atoms. The van der Waals surface area contributed by atoms with E-state index in [-0.39, 0.29) is 29.1 Å². The van der Waals surface area contributed by atoms with Crippen LogP contribution in [0.25, 0.3) is 5.76 Å². The summed E-state index contributed by atoms with van der Waals surface area (Å²) in [5.74, 6) is -1.43. The highest BCUT2D eigenvalue weighted by Gasteiger charge is 2.47. The van der Waals surface area contributed by atoms with Gasteiger partial charge in [0.05, 0.1) is 29.2 Å². The summed E-state index contributed by atoms with van der Waals surface area (Å²) in [6.07, 6.45) is 4.92. The molecule has 1 amide bonds. The molecule has 9 nitrogen and oxygen atoms in total. The van der Waals surface area contributed by atoms with Gasteiger partial charge in [-0.2, -0.15) is 0 Å². The highest BCUT2D eigenvalue weighted by Crippen LogP contribution is 2.42. The molecule has 1 saturated heterocycles. The maximum Gasteiger partial charge on any atom is 0.295 e. The number of nitro groups is 1. The van der Waals surface area contributed by atoms with Crippen LogP contribution in [0, 0.1) is 10.1 Å². The quantitative estimate of drug-likeness (QED) is 0.117. The zero-order valence-corrected chi connectivity index (χ0v) is 22.4. The van der Waals surface area contributed by atoms with Gasteiger partial charge in [-0.25, -0.2) is 0 Å². The number of nitro benzene ring substituents is 1. The average Bonchev–Trinajstić information content (AvgIpc) is 3.18. The number of unbranched alkanes of at least 4 members (excludes halogenated alkanes) is 2. The molecule has 0 saturated carbocycles. The zero-order valence-electron chi connectivity index (χ0n) is 22.4. The lowest BCUT2D eigenvalue weighted by Gasteiger charge is -2.27. The number of hydrogen-bond donors (Lipinski definition) is 1. The summed E-state index contributed by atoms with van der Waals surface area (Å²) in [6.45, 7) is 7.18. The van der Waals surface area contributed by atoms with Crippen molar-refractivity contribution in [2.75, 3.05) is 33.3 Å². The smallest absolute Gasteiger partial charge is 0.295 e. The van der Waals surface area contributed by atoms with E-state index in [4.69, 9.17) is 4.74 Å². The van der Waals surface area contributed by atoms with Gasteiger partial charge in [-0.1, -0.05) is 38.8 Å². The molecule has 0 radical (unpaired) electrons. The molecular formula is C29H37N3O6. The molecule has 1 aliphatic rings. The molecule has 1 fully saturated rings. The molecule has 0 bridgehead atoms. The van der Waals surface area contributed by atoms with Gasteiger partial charge in [-0.3, -0.25) is 19.7 Å². The van der Waals surface area contributed by atoms with Crippen LogP contribution in [-0.2, 0) is 9.59 Å². The van der Waals surface area contributed by atoms with E-state index in [0.29, 0.717) is 17.7 Å². The number of amides is 1. The lowest BCUT2D eigenvalue weighted by molar-refractivity contribution is -0.385. The van der Waals surface area contributed by atoms with Gasteiger partial charge in [0.1, 0.15) is 11.5 Å². The van der Waals surface area contributed by atoms with Crippen LogP contribution in [0.3, 0.4) is 0 Å². The number of para-hydroxylation sites is 1. The number of carbonyl (C=O) groups excluding carboxylic acids is 2. The predicted molar refractivity (Wildman–Crippen MR) is 146 cm³/mol. The number of ketones is 1. The van der Waals surface area contributed by atoms with Gasteiger partial charge in [0.15, 0.2) is 0 Å². The molecule has 0 aromatic heterocycles. The van der Waals surface area contributed by atoms with E-state index in [0.717, 1.165) is 45.3 Å². The first-order valence-electron chi connectivity index (χ1n) is 13.2. The number of hydrogen-bond acceptors (Lipinski definition) is 7. The summed E-state index contributed by atoms with van der Waals surface area (Å²) in [6, 6.07) is 11.4. The summed E-state index contributed by atoms with van der Waals surface area (Å²) in [7, 11) is 1.51. The first-order valence-corrected chi connectivity index (χ1v) is 13.2. The Balaban J connectivity index is 2.00. The van der Waals surface area contributed by atoms with Gasteiger partial charge < -0.3 is 19.6 Å². The third kappa shape index (κ3) is 6.58. The molecule has 9 heteroatoms.